The molecular formula is C11H17BrN2O. The Hall–Kier alpha value is -0.610. The number of anilines is 1. The quantitative estimate of drug-likeness (QED) is 0.811. The molecule has 1 heterocycles. The summed E-state index contributed by atoms with van der Waals surface area (Å²) in [4.78, 5) is 4.26. The lowest BCUT2D eigenvalue weighted by atomic mass is 10.0. The Morgan fingerprint density at radius 3 is 2.73 bits per heavy atom. The molecule has 0 aliphatic carbocycles. The molecule has 0 aromatic carbocycles. The Morgan fingerprint density at radius 1 is 1.47 bits per heavy atom. The molecule has 0 spiro atoms. The predicted octanol–water partition coefficient (Wildman–Crippen LogP) is 2.66. The summed E-state index contributed by atoms with van der Waals surface area (Å²) in [5.74, 6) is 1.35. The maximum atomic E-state index is 9.20. The van der Waals surface area contributed by atoms with Gasteiger partial charge in [-0.3, -0.25) is 0 Å². The molecule has 0 aliphatic heterocycles. The van der Waals surface area contributed by atoms with E-state index in [0.717, 1.165) is 16.8 Å². The van der Waals surface area contributed by atoms with Crippen molar-refractivity contribution in [2.24, 2.45) is 5.92 Å². The molecule has 0 saturated carbocycles. The van der Waals surface area contributed by atoms with E-state index < -0.39 is 0 Å². The van der Waals surface area contributed by atoms with Crippen molar-refractivity contribution < 1.29 is 5.11 Å². The first-order chi connectivity index (χ1) is 7.11. The van der Waals surface area contributed by atoms with Crippen molar-refractivity contribution in [1.29, 1.82) is 0 Å². The van der Waals surface area contributed by atoms with E-state index in [2.05, 4.69) is 40.1 Å². The molecular weight excluding hydrogens is 256 g/mol. The smallest absolute Gasteiger partial charge is 0.127 e. The molecule has 0 fully saturated rings. The van der Waals surface area contributed by atoms with Gasteiger partial charge in [0.05, 0.1) is 12.6 Å². The first-order valence-electron chi connectivity index (χ1n) is 5.11. The van der Waals surface area contributed by atoms with E-state index in [0.29, 0.717) is 5.92 Å². The molecule has 84 valence electrons. The summed E-state index contributed by atoms with van der Waals surface area (Å²) >= 11 is 3.31. The van der Waals surface area contributed by atoms with Crippen LogP contribution in [0.4, 0.5) is 5.82 Å². The van der Waals surface area contributed by atoms with Gasteiger partial charge in [0.2, 0.25) is 0 Å². The Balaban J connectivity index is 2.58. The molecule has 0 bridgehead atoms. The topological polar surface area (TPSA) is 45.1 Å². The van der Waals surface area contributed by atoms with Crippen LogP contribution in [0.15, 0.2) is 22.8 Å². The van der Waals surface area contributed by atoms with Crippen LogP contribution in [0, 0.1) is 5.92 Å². The van der Waals surface area contributed by atoms with Crippen molar-refractivity contribution in [3.05, 3.63) is 22.8 Å². The van der Waals surface area contributed by atoms with Crippen LogP contribution in [0.5, 0.6) is 0 Å². The minimum Gasteiger partial charge on any atom is -0.394 e. The fourth-order valence-corrected chi connectivity index (χ4v) is 1.79. The fraction of sp³-hybridized carbons (Fsp3) is 0.545. The zero-order valence-corrected chi connectivity index (χ0v) is 10.7. The average Bonchev–Trinajstić information content (AvgIpc) is 2.16. The van der Waals surface area contributed by atoms with Crippen LogP contribution in [0.3, 0.4) is 0 Å². The molecule has 15 heavy (non-hydrogen) atoms. The van der Waals surface area contributed by atoms with Crippen LogP contribution < -0.4 is 5.32 Å². The first-order valence-corrected chi connectivity index (χ1v) is 5.91. The van der Waals surface area contributed by atoms with E-state index in [9.17, 15) is 5.11 Å². The number of aliphatic hydroxyl groups excluding tert-OH is 1. The molecule has 1 aromatic rings. The lowest BCUT2D eigenvalue weighted by Crippen LogP contribution is -2.26. The van der Waals surface area contributed by atoms with Gasteiger partial charge in [0.1, 0.15) is 10.4 Å². The van der Waals surface area contributed by atoms with Crippen molar-refractivity contribution in [3.63, 3.8) is 0 Å². The van der Waals surface area contributed by atoms with Gasteiger partial charge in [-0.2, -0.15) is 0 Å². The Morgan fingerprint density at radius 2 is 2.20 bits per heavy atom. The maximum Gasteiger partial charge on any atom is 0.127 e. The van der Waals surface area contributed by atoms with Crippen LogP contribution in [-0.4, -0.2) is 22.7 Å². The summed E-state index contributed by atoms with van der Waals surface area (Å²) < 4.78 is 0.800. The monoisotopic (exact) mass is 272 g/mol. The SMILES string of the molecule is CC(C)CC(CO)Nc1cccc(Br)n1. The van der Waals surface area contributed by atoms with E-state index in [1.54, 1.807) is 0 Å². The summed E-state index contributed by atoms with van der Waals surface area (Å²) in [5, 5.41) is 12.4. The number of nitrogens with zero attached hydrogens (tertiary/aromatic N) is 1. The summed E-state index contributed by atoms with van der Waals surface area (Å²) in [7, 11) is 0. The molecule has 2 N–H and O–H groups in total. The zero-order valence-electron chi connectivity index (χ0n) is 9.07. The predicted molar refractivity (Wildman–Crippen MR) is 65.9 cm³/mol. The Kier molecular flexibility index (Phi) is 5.05. The number of hydrogen-bond acceptors (Lipinski definition) is 3. The van der Waals surface area contributed by atoms with Gasteiger partial charge in [0, 0.05) is 0 Å². The van der Waals surface area contributed by atoms with Gasteiger partial charge in [-0.1, -0.05) is 19.9 Å². The van der Waals surface area contributed by atoms with Crippen molar-refractivity contribution in [2.45, 2.75) is 26.3 Å². The van der Waals surface area contributed by atoms with E-state index in [4.69, 9.17) is 0 Å². The third-order valence-corrected chi connectivity index (χ3v) is 2.49. The molecule has 3 nitrogen and oxygen atoms in total. The lowest BCUT2D eigenvalue weighted by molar-refractivity contribution is 0.259. The number of nitrogens with one attached hydrogen (secondary N) is 1. The van der Waals surface area contributed by atoms with Crippen LogP contribution in [0.2, 0.25) is 0 Å². The van der Waals surface area contributed by atoms with Gasteiger partial charge in [0.15, 0.2) is 0 Å². The van der Waals surface area contributed by atoms with Crippen molar-refractivity contribution in [1.82, 2.24) is 4.98 Å². The highest BCUT2D eigenvalue weighted by Gasteiger charge is 2.09. The first kappa shape index (κ1) is 12.5. The molecule has 0 radical (unpaired) electrons. The van der Waals surface area contributed by atoms with Gasteiger partial charge < -0.3 is 10.4 Å². The van der Waals surface area contributed by atoms with Crippen LogP contribution in [0.25, 0.3) is 0 Å². The molecule has 4 heteroatoms. The van der Waals surface area contributed by atoms with Crippen LogP contribution in [-0.2, 0) is 0 Å². The summed E-state index contributed by atoms with van der Waals surface area (Å²) in [6, 6.07) is 5.77. The molecule has 1 aromatic heterocycles. The number of aromatic nitrogens is 1. The van der Waals surface area contributed by atoms with Crippen molar-refractivity contribution in [2.75, 3.05) is 11.9 Å². The fourth-order valence-electron chi connectivity index (χ4n) is 1.45. The van der Waals surface area contributed by atoms with Crippen molar-refractivity contribution >= 4 is 21.7 Å². The van der Waals surface area contributed by atoms with Crippen molar-refractivity contribution in [3.8, 4) is 0 Å². The van der Waals surface area contributed by atoms with E-state index >= 15 is 0 Å². The third-order valence-electron chi connectivity index (χ3n) is 2.04. The highest BCUT2D eigenvalue weighted by Crippen LogP contribution is 2.13. The number of hydrogen-bond donors (Lipinski definition) is 2. The maximum absolute atomic E-state index is 9.20. The Labute approximate surface area is 99.1 Å². The lowest BCUT2D eigenvalue weighted by Gasteiger charge is -2.18. The van der Waals surface area contributed by atoms with E-state index in [1.807, 2.05) is 18.2 Å². The standard InChI is InChI=1S/C11H17BrN2O/c1-8(2)6-9(7-15)13-11-5-3-4-10(12)14-11/h3-5,8-9,15H,6-7H2,1-2H3,(H,13,14). The molecule has 1 unspecified atom stereocenters. The third kappa shape index (κ3) is 4.62. The number of halogens is 1. The van der Waals surface area contributed by atoms with Gasteiger partial charge >= 0.3 is 0 Å². The summed E-state index contributed by atoms with van der Waals surface area (Å²) in [6.07, 6.45) is 0.935. The van der Waals surface area contributed by atoms with Gasteiger partial charge in [-0.05, 0) is 40.4 Å². The average molecular weight is 273 g/mol. The number of aliphatic hydroxyl groups is 1. The summed E-state index contributed by atoms with van der Waals surface area (Å²) in [5.41, 5.74) is 0. The second-order valence-corrected chi connectivity index (χ2v) is 4.81. The second kappa shape index (κ2) is 6.08. The van der Waals surface area contributed by atoms with Crippen LogP contribution >= 0.6 is 15.9 Å². The van der Waals surface area contributed by atoms with Gasteiger partial charge in [0.25, 0.3) is 0 Å². The Bertz CT molecular complexity index is 304. The zero-order chi connectivity index (χ0) is 11.3. The van der Waals surface area contributed by atoms with E-state index in [-0.39, 0.29) is 12.6 Å². The number of rotatable bonds is 5. The normalized spacial score (nSPS) is 12.9. The molecule has 1 rings (SSSR count). The molecule has 1 atom stereocenters. The highest BCUT2D eigenvalue weighted by atomic mass is 79.9. The van der Waals surface area contributed by atoms with Crippen LogP contribution in [0.1, 0.15) is 20.3 Å². The highest BCUT2D eigenvalue weighted by molar-refractivity contribution is 9.10. The second-order valence-electron chi connectivity index (χ2n) is 4.00. The molecule has 0 aliphatic rings. The van der Waals surface area contributed by atoms with Gasteiger partial charge in [-0.25, -0.2) is 4.98 Å². The minimum atomic E-state index is 0.0757. The van der Waals surface area contributed by atoms with E-state index in [1.165, 1.54) is 0 Å². The molecule has 0 saturated heterocycles. The largest absolute Gasteiger partial charge is 0.394 e. The summed E-state index contributed by atoms with van der Waals surface area (Å²) in [6.45, 7) is 4.41. The van der Waals surface area contributed by atoms with Gasteiger partial charge in [-0.15, -0.1) is 0 Å². The molecule has 0 amide bonds. The minimum absolute atomic E-state index is 0.0757. The number of pyridine rings is 1.